The molecule has 0 saturated heterocycles. The van der Waals surface area contributed by atoms with Crippen LogP contribution in [0.5, 0.6) is 0 Å². The Hall–Kier alpha value is -3.41. The van der Waals surface area contributed by atoms with Gasteiger partial charge in [0.1, 0.15) is 0 Å². The van der Waals surface area contributed by atoms with E-state index in [1.807, 2.05) is 18.2 Å². The number of allylic oxidation sites excluding steroid dienone is 1. The molecular formula is C17H18N6. The molecule has 1 aromatic heterocycles. The van der Waals surface area contributed by atoms with Gasteiger partial charge in [0.05, 0.1) is 0 Å². The fourth-order valence-electron chi connectivity index (χ4n) is 2.11. The number of pyridine rings is 1. The summed E-state index contributed by atoms with van der Waals surface area (Å²) in [4.78, 5) is 4.09. The molecule has 0 bridgehead atoms. The molecule has 0 aliphatic heterocycles. The van der Waals surface area contributed by atoms with Crippen molar-refractivity contribution in [2.45, 2.75) is 0 Å². The van der Waals surface area contributed by atoms with Crippen LogP contribution in [0.1, 0.15) is 16.7 Å². The Morgan fingerprint density at radius 1 is 1.22 bits per heavy atom. The van der Waals surface area contributed by atoms with Gasteiger partial charge in [0.15, 0.2) is 0 Å². The van der Waals surface area contributed by atoms with Crippen molar-refractivity contribution in [1.82, 2.24) is 4.98 Å². The van der Waals surface area contributed by atoms with Crippen LogP contribution in [0.25, 0.3) is 11.6 Å². The molecule has 0 spiro atoms. The maximum Gasteiger partial charge on any atom is 0.0489 e. The SMILES string of the molecule is N=C/C(=C\N)c1ccncc1/C=C/Nc1cccc(N)c1C=N. The zero-order valence-corrected chi connectivity index (χ0v) is 12.5. The van der Waals surface area contributed by atoms with Gasteiger partial charge in [0.25, 0.3) is 0 Å². The third kappa shape index (κ3) is 3.62. The summed E-state index contributed by atoms with van der Waals surface area (Å²) in [5, 5.41) is 18.0. The highest BCUT2D eigenvalue weighted by molar-refractivity contribution is 6.09. The number of nitrogen functional groups attached to an aromatic ring is 1. The Labute approximate surface area is 134 Å². The predicted octanol–water partition coefficient (Wildman–Crippen LogP) is 2.69. The van der Waals surface area contributed by atoms with E-state index in [9.17, 15) is 0 Å². The maximum atomic E-state index is 7.44. The summed E-state index contributed by atoms with van der Waals surface area (Å²) in [5.41, 5.74) is 15.5. The van der Waals surface area contributed by atoms with Gasteiger partial charge in [-0.05, 0) is 29.8 Å². The van der Waals surface area contributed by atoms with Crippen LogP contribution < -0.4 is 16.8 Å². The second-order valence-corrected chi connectivity index (χ2v) is 4.66. The number of aromatic nitrogens is 1. The lowest BCUT2D eigenvalue weighted by atomic mass is 10.0. The van der Waals surface area contributed by atoms with E-state index in [0.717, 1.165) is 16.8 Å². The van der Waals surface area contributed by atoms with E-state index in [2.05, 4.69) is 10.3 Å². The highest BCUT2D eigenvalue weighted by Crippen LogP contribution is 2.21. The van der Waals surface area contributed by atoms with Crippen molar-refractivity contribution in [2.24, 2.45) is 5.73 Å². The van der Waals surface area contributed by atoms with Crippen LogP contribution in [0.15, 0.2) is 49.1 Å². The van der Waals surface area contributed by atoms with Gasteiger partial charge >= 0.3 is 0 Å². The lowest BCUT2D eigenvalue weighted by Gasteiger charge is -2.08. The van der Waals surface area contributed by atoms with E-state index < -0.39 is 0 Å². The molecular weight excluding hydrogens is 288 g/mol. The Balaban J connectivity index is 2.27. The van der Waals surface area contributed by atoms with E-state index in [1.165, 1.54) is 18.6 Å². The molecule has 0 aliphatic rings. The average Bonchev–Trinajstić information content (AvgIpc) is 2.57. The van der Waals surface area contributed by atoms with Crippen LogP contribution >= 0.6 is 0 Å². The van der Waals surface area contributed by atoms with E-state index in [4.69, 9.17) is 22.3 Å². The minimum Gasteiger partial charge on any atom is -0.404 e. The third-order valence-electron chi connectivity index (χ3n) is 3.28. The summed E-state index contributed by atoms with van der Waals surface area (Å²) in [7, 11) is 0. The Morgan fingerprint density at radius 3 is 2.74 bits per heavy atom. The van der Waals surface area contributed by atoms with Gasteiger partial charge < -0.3 is 27.6 Å². The molecule has 23 heavy (non-hydrogen) atoms. The predicted molar refractivity (Wildman–Crippen MR) is 96.6 cm³/mol. The average molecular weight is 306 g/mol. The van der Waals surface area contributed by atoms with Gasteiger partial charge in [0, 0.05) is 65.3 Å². The fraction of sp³-hybridized carbons (Fsp3) is 0. The van der Waals surface area contributed by atoms with Crippen molar-refractivity contribution < 1.29 is 0 Å². The quantitative estimate of drug-likeness (QED) is 0.415. The molecule has 0 atom stereocenters. The summed E-state index contributed by atoms with van der Waals surface area (Å²) in [5.74, 6) is 0. The fourth-order valence-corrected chi connectivity index (χ4v) is 2.11. The zero-order valence-electron chi connectivity index (χ0n) is 12.5. The van der Waals surface area contributed by atoms with E-state index in [0.29, 0.717) is 16.8 Å². The molecule has 0 aliphatic carbocycles. The number of rotatable bonds is 6. The molecule has 7 N–H and O–H groups in total. The van der Waals surface area contributed by atoms with Crippen molar-refractivity contribution in [3.63, 3.8) is 0 Å². The van der Waals surface area contributed by atoms with Crippen LogP contribution in [-0.4, -0.2) is 17.4 Å². The van der Waals surface area contributed by atoms with Crippen LogP contribution in [0.2, 0.25) is 0 Å². The topological polar surface area (TPSA) is 125 Å². The van der Waals surface area contributed by atoms with Gasteiger partial charge in [-0.2, -0.15) is 0 Å². The first-order valence-corrected chi connectivity index (χ1v) is 6.90. The molecule has 0 unspecified atom stereocenters. The zero-order chi connectivity index (χ0) is 16.7. The second-order valence-electron chi connectivity index (χ2n) is 4.66. The molecule has 6 heteroatoms. The van der Waals surface area contributed by atoms with Gasteiger partial charge in [-0.3, -0.25) is 4.98 Å². The Morgan fingerprint density at radius 2 is 2.04 bits per heavy atom. The summed E-state index contributed by atoms with van der Waals surface area (Å²) < 4.78 is 0. The third-order valence-corrected chi connectivity index (χ3v) is 3.28. The van der Waals surface area contributed by atoms with E-state index >= 15 is 0 Å². The number of nitrogens with one attached hydrogen (secondary N) is 3. The number of nitrogens with zero attached hydrogens (tertiary/aromatic N) is 1. The number of hydrogen-bond acceptors (Lipinski definition) is 6. The van der Waals surface area contributed by atoms with Crippen LogP contribution in [0.4, 0.5) is 11.4 Å². The lowest BCUT2D eigenvalue weighted by Crippen LogP contribution is -1.99. The molecule has 1 heterocycles. The lowest BCUT2D eigenvalue weighted by molar-refractivity contribution is 1.30. The van der Waals surface area contributed by atoms with Crippen LogP contribution in [0, 0.1) is 10.8 Å². The molecule has 2 aromatic rings. The molecule has 0 amide bonds. The molecule has 1 aromatic carbocycles. The second kappa shape index (κ2) is 7.56. The van der Waals surface area contributed by atoms with Crippen molar-refractivity contribution in [2.75, 3.05) is 11.1 Å². The van der Waals surface area contributed by atoms with Crippen molar-refractivity contribution in [3.05, 3.63) is 65.7 Å². The largest absolute Gasteiger partial charge is 0.404 e. The van der Waals surface area contributed by atoms with Crippen LogP contribution in [-0.2, 0) is 0 Å². The summed E-state index contributed by atoms with van der Waals surface area (Å²) in [6, 6.07) is 7.20. The number of anilines is 2. The van der Waals surface area contributed by atoms with Gasteiger partial charge in [-0.15, -0.1) is 0 Å². The summed E-state index contributed by atoms with van der Waals surface area (Å²) in [6.07, 6.45) is 10.7. The number of hydrogen-bond donors (Lipinski definition) is 5. The maximum absolute atomic E-state index is 7.44. The highest BCUT2D eigenvalue weighted by Gasteiger charge is 2.04. The minimum absolute atomic E-state index is 0.539. The number of nitrogens with two attached hydrogens (primary N) is 2. The van der Waals surface area contributed by atoms with Crippen LogP contribution in [0.3, 0.4) is 0 Å². The molecule has 0 saturated carbocycles. The Bertz CT molecular complexity index is 776. The Kier molecular flexibility index (Phi) is 5.25. The standard InChI is InChI=1S/C17H18N6/c18-8-13(9-19)14-5-6-22-11-12(14)4-7-23-17-3-1-2-16(21)15(17)10-20/h1-11,18,20,23H,19,21H2/b7-4+,13-9+,18-8?,20-10?. The van der Waals surface area contributed by atoms with Crippen molar-refractivity contribution in [3.8, 4) is 0 Å². The van der Waals surface area contributed by atoms with Gasteiger partial charge in [-0.25, -0.2) is 0 Å². The summed E-state index contributed by atoms with van der Waals surface area (Å²) >= 11 is 0. The molecule has 116 valence electrons. The molecule has 0 radical (unpaired) electrons. The monoisotopic (exact) mass is 306 g/mol. The first kappa shape index (κ1) is 16.0. The van der Waals surface area contributed by atoms with Gasteiger partial charge in [0.2, 0.25) is 0 Å². The van der Waals surface area contributed by atoms with Crippen molar-refractivity contribution >= 4 is 35.5 Å². The molecule has 2 rings (SSSR count). The van der Waals surface area contributed by atoms with Gasteiger partial charge in [-0.1, -0.05) is 6.07 Å². The number of benzene rings is 1. The highest BCUT2D eigenvalue weighted by atomic mass is 14.8. The first-order chi connectivity index (χ1) is 11.2. The normalized spacial score (nSPS) is 11.4. The molecule has 6 nitrogen and oxygen atoms in total. The minimum atomic E-state index is 0.539. The first-order valence-electron chi connectivity index (χ1n) is 6.90. The van der Waals surface area contributed by atoms with Crippen molar-refractivity contribution in [1.29, 1.82) is 10.8 Å². The van der Waals surface area contributed by atoms with E-state index in [1.54, 1.807) is 30.7 Å². The van der Waals surface area contributed by atoms with E-state index in [-0.39, 0.29) is 0 Å². The summed E-state index contributed by atoms with van der Waals surface area (Å²) in [6.45, 7) is 0. The molecule has 0 fully saturated rings. The smallest absolute Gasteiger partial charge is 0.0489 e.